The third-order valence-corrected chi connectivity index (χ3v) is 5.12. The van der Waals surface area contributed by atoms with Gasteiger partial charge in [0.25, 0.3) is 0 Å². The fourth-order valence-corrected chi connectivity index (χ4v) is 3.55. The summed E-state index contributed by atoms with van der Waals surface area (Å²) in [6.45, 7) is 0.159. The second kappa shape index (κ2) is 9.25. The largest absolute Gasteiger partial charge is 0.760 e. The van der Waals surface area contributed by atoms with E-state index in [1.807, 2.05) is 0 Å². The molecule has 4 aromatic rings. The molecule has 0 bridgehead atoms. The van der Waals surface area contributed by atoms with Crippen molar-refractivity contribution in [3.8, 4) is 11.3 Å². The Balaban J connectivity index is 1.65. The van der Waals surface area contributed by atoms with Gasteiger partial charge in [0.15, 0.2) is 11.5 Å². The normalized spacial score (nSPS) is 12.2. The van der Waals surface area contributed by atoms with Gasteiger partial charge in [-0.25, -0.2) is 28.5 Å². The van der Waals surface area contributed by atoms with Crippen LogP contribution in [-0.2, 0) is 17.7 Å². The highest BCUT2D eigenvalue weighted by molar-refractivity contribution is 7.77. The number of benzene rings is 2. The van der Waals surface area contributed by atoms with Gasteiger partial charge in [0.1, 0.15) is 29.0 Å². The first-order chi connectivity index (χ1) is 15.0. The molecule has 3 N–H and O–H groups in total. The molecule has 1 atom stereocenters. The lowest BCUT2D eigenvalue weighted by Gasteiger charge is -2.15. The third-order valence-electron chi connectivity index (χ3n) is 4.68. The maximum Gasteiger partial charge on any atom is 0.181 e. The van der Waals surface area contributed by atoms with Gasteiger partial charge in [0.2, 0.25) is 0 Å². The number of H-pyrrole nitrogens is 1. The van der Waals surface area contributed by atoms with Crippen LogP contribution in [0.25, 0.3) is 22.4 Å². The van der Waals surface area contributed by atoms with E-state index in [9.17, 15) is 13.2 Å². The number of imidazole rings is 1. The van der Waals surface area contributed by atoms with Crippen molar-refractivity contribution in [2.75, 3.05) is 11.9 Å². The Labute approximate surface area is 178 Å². The van der Waals surface area contributed by atoms with Gasteiger partial charge in [-0.05, 0) is 30.5 Å². The van der Waals surface area contributed by atoms with E-state index in [-0.39, 0.29) is 24.2 Å². The van der Waals surface area contributed by atoms with Gasteiger partial charge in [-0.15, -0.1) is 0 Å². The second-order valence-corrected chi connectivity index (χ2v) is 7.38. The molecule has 0 amide bonds. The minimum Gasteiger partial charge on any atom is -0.760 e. The minimum atomic E-state index is -2.37. The number of aromatic nitrogens is 4. The summed E-state index contributed by atoms with van der Waals surface area (Å²) in [4.78, 5) is 15.5. The molecule has 31 heavy (non-hydrogen) atoms. The number of rotatable bonds is 8. The molecule has 2 aromatic heterocycles. The smallest absolute Gasteiger partial charge is 0.181 e. The molecule has 2 heterocycles. The first kappa shape index (κ1) is 21.0. The van der Waals surface area contributed by atoms with E-state index in [0.717, 1.165) is 0 Å². The van der Waals surface area contributed by atoms with Crippen LogP contribution in [0.2, 0.25) is 0 Å². The van der Waals surface area contributed by atoms with Crippen molar-refractivity contribution < 1.29 is 17.5 Å². The van der Waals surface area contributed by atoms with Gasteiger partial charge in [-0.2, -0.15) is 0 Å². The number of hydrogen-bond acceptors (Lipinski definition) is 6. The van der Waals surface area contributed by atoms with Crippen molar-refractivity contribution in [1.29, 1.82) is 0 Å². The lowest BCUT2D eigenvalue weighted by Crippen LogP contribution is -2.18. The summed E-state index contributed by atoms with van der Waals surface area (Å²) >= 11 is -2.37. The molecule has 160 valence electrons. The molecule has 0 saturated carbocycles. The molecular formula is C20H17F2N6O2S-. The van der Waals surface area contributed by atoms with Crippen molar-refractivity contribution in [3.63, 3.8) is 0 Å². The van der Waals surface area contributed by atoms with E-state index >= 15 is 4.39 Å². The summed E-state index contributed by atoms with van der Waals surface area (Å²) in [5.74, 6) is -1.48. The number of halogens is 2. The highest BCUT2D eigenvalue weighted by Gasteiger charge is 2.17. The predicted molar refractivity (Wildman–Crippen MR) is 112 cm³/mol. The van der Waals surface area contributed by atoms with E-state index in [1.54, 1.807) is 24.3 Å². The fourth-order valence-electron chi connectivity index (χ4n) is 3.24. The Bertz CT molecular complexity index is 1250. The monoisotopic (exact) mass is 443 g/mol. The fraction of sp³-hybridized carbons (Fsp3) is 0.150. The predicted octanol–water partition coefficient (Wildman–Crippen LogP) is 3.36. The quantitative estimate of drug-likeness (QED) is 0.284. The average Bonchev–Trinajstić information content (AvgIpc) is 3.25. The number of aromatic amines is 1. The molecule has 0 aliphatic heterocycles. The zero-order chi connectivity index (χ0) is 21.8. The maximum atomic E-state index is 15.1. The number of aryl methyl sites for hydroxylation is 1. The van der Waals surface area contributed by atoms with E-state index in [2.05, 4.69) is 30.0 Å². The molecule has 0 aliphatic rings. The minimum absolute atomic E-state index is 0.159. The third kappa shape index (κ3) is 4.58. The van der Waals surface area contributed by atoms with E-state index in [0.29, 0.717) is 34.5 Å². The van der Waals surface area contributed by atoms with Crippen molar-refractivity contribution in [1.82, 2.24) is 24.7 Å². The topological polar surface area (TPSA) is 119 Å². The van der Waals surface area contributed by atoms with Crippen molar-refractivity contribution in [3.05, 3.63) is 66.3 Å². The van der Waals surface area contributed by atoms with Gasteiger partial charge in [0, 0.05) is 29.1 Å². The first-order valence-corrected chi connectivity index (χ1v) is 10.4. The maximum absolute atomic E-state index is 15.1. The highest BCUT2D eigenvalue weighted by Crippen LogP contribution is 2.34. The molecule has 0 spiro atoms. The molecule has 11 heteroatoms. The molecule has 0 radical (unpaired) electrons. The molecule has 0 aliphatic carbocycles. The van der Waals surface area contributed by atoms with Gasteiger partial charge >= 0.3 is 0 Å². The number of nitrogens with zero attached hydrogens (tertiary/aromatic N) is 3. The van der Waals surface area contributed by atoms with Gasteiger partial charge in [0.05, 0.1) is 6.33 Å². The molecular weight excluding hydrogens is 426 g/mol. The number of fused-ring (bicyclic) bond motifs is 1. The SMILES string of the molecule is O=S([O-])NCCCc1ccc(F)c(Nc2ccccc2-c2ncnc3nc[nH]c23)c1F. The summed E-state index contributed by atoms with van der Waals surface area (Å²) in [7, 11) is 0. The van der Waals surface area contributed by atoms with Crippen molar-refractivity contribution in [2.24, 2.45) is 0 Å². The standard InChI is InChI=1S/C20H18F2N6O2S/c21-14-8-7-12(4-3-9-27-31(29)30)16(22)18(14)28-15-6-2-1-5-13(15)17-19-20(25-10-23-17)26-11-24-19/h1-2,5-8,10-11,27-28H,3-4,9H2,(H,29,30)(H,23,24,25,26)/p-1. The van der Waals surface area contributed by atoms with E-state index in [1.165, 1.54) is 24.8 Å². The summed E-state index contributed by atoms with van der Waals surface area (Å²) in [5, 5.41) is 2.85. The van der Waals surface area contributed by atoms with Crippen LogP contribution in [0.1, 0.15) is 12.0 Å². The summed E-state index contributed by atoms with van der Waals surface area (Å²) in [5.41, 5.74) is 2.68. The highest BCUT2D eigenvalue weighted by atomic mass is 32.2. The zero-order valence-corrected chi connectivity index (χ0v) is 16.9. The number of anilines is 2. The Kier molecular flexibility index (Phi) is 6.26. The molecule has 2 aromatic carbocycles. The van der Waals surface area contributed by atoms with Crippen molar-refractivity contribution >= 4 is 33.8 Å². The van der Waals surface area contributed by atoms with Crippen LogP contribution < -0.4 is 10.0 Å². The Morgan fingerprint density at radius 3 is 2.77 bits per heavy atom. The number of nitrogens with one attached hydrogen (secondary N) is 3. The number of para-hydroxylation sites is 1. The Morgan fingerprint density at radius 2 is 1.94 bits per heavy atom. The van der Waals surface area contributed by atoms with Crippen LogP contribution in [0, 0.1) is 11.6 Å². The number of hydrogen-bond donors (Lipinski definition) is 3. The van der Waals surface area contributed by atoms with E-state index < -0.39 is 22.9 Å². The van der Waals surface area contributed by atoms with Crippen LogP contribution in [0.4, 0.5) is 20.2 Å². The van der Waals surface area contributed by atoms with Gasteiger partial charge in [-0.3, -0.25) is 4.21 Å². The van der Waals surface area contributed by atoms with Crippen LogP contribution in [0.15, 0.2) is 49.1 Å². The second-order valence-electron chi connectivity index (χ2n) is 6.62. The van der Waals surface area contributed by atoms with E-state index in [4.69, 9.17) is 0 Å². The molecule has 8 nitrogen and oxygen atoms in total. The lowest BCUT2D eigenvalue weighted by atomic mass is 10.1. The lowest BCUT2D eigenvalue weighted by molar-refractivity contribution is 0.520. The Morgan fingerprint density at radius 1 is 1.10 bits per heavy atom. The average molecular weight is 443 g/mol. The molecule has 4 rings (SSSR count). The van der Waals surface area contributed by atoms with Crippen LogP contribution >= 0.6 is 0 Å². The summed E-state index contributed by atoms with van der Waals surface area (Å²) < 4.78 is 52.9. The summed E-state index contributed by atoms with van der Waals surface area (Å²) in [6.07, 6.45) is 3.48. The van der Waals surface area contributed by atoms with Crippen LogP contribution in [0.3, 0.4) is 0 Å². The first-order valence-electron chi connectivity index (χ1n) is 9.34. The van der Waals surface area contributed by atoms with Crippen LogP contribution in [0.5, 0.6) is 0 Å². The van der Waals surface area contributed by atoms with Gasteiger partial charge < -0.3 is 14.9 Å². The zero-order valence-electron chi connectivity index (χ0n) is 16.1. The van der Waals surface area contributed by atoms with Crippen molar-refractivity contribution in [2.45, 2.75) is 12.8 Å². The Hall–Kier alpha value is -3.28. The molecule has 0 fully saturated rings. The van der Waals surface area contributed by atoms with Gasteiger partial charge in [-0.1, -0.05) is 24.3 Å². The molecule has 0 saturated heterocycles. The molecule has 1 unspecified atom stereocenters. The van der Waals surface area contributed by atoms with Crippen LogP contribution in [-0.4, -0.2) is 35.2 Å². The summed E-state index contributed by atoms with van der Waals surface area (Å²) in [6, 6.07) is 9.54.